The molecule has 0 spiro atoms. The van der Waals surface area contributed by atoms with Gasteiger partial charge in [0, 0.05) is 14.1 Å². The average Bonchev–Trinajstić information content (AvgIpc) is 2.77. The van der Waals surface area contributed by atoms with Crippen LogP contribution in [0.5, 0.6) is 0 Å². The number of primary amides is 1. The second kappa shape index (κ2) is 3.83. The van der Waals surface area contributed by atoms with Gasteiger partial charge in [0.15, 0.2) is 11.2 Å². The van der Waals surface area contributed by atoms with Crippen LogP contribution in [0.4, 0.5) is 0 Å². The van der Waals surface area contributed by atoms with Crippen molar-refractivity contribution in [3.8, 4) is 0 Å². The Hall–Kier alpha value is -2.38. The van der Waals surface area contributed by atoms with Crippen LogP contribution in [0.25, 0.3) is 11.2 Å². The number of fused-ring (bicyclic) bond motifs is 1. The van der Waals surface area contributed by atoms with Crippen molar-refractivity contribution in [3.05, 3.63) is 27.2 Å². The van der Waals surface area contributed by atoms with E-state index in [9.17, 15) is 14.4 Å². The maximum Gasteiger partial charge on any atom is 0.332 e. The average molecular weight is 251 g/mol. The molecule has 2 aromatic heterocycles. The number of carbonyl (C=O) groups excluding carboxylic acids is 1. The number of hydrogen-bond donors (Lipinski definition) is 1. The molecule has 1 atom stereocenters. The summed E-state index contributed by atoms with van der Waals surface area (Å²) in [6.07, 6.45) is 1.33. The van der Waals surface area contributed by atoms with Gasteiger partial charge in [-0.25, -0.2) is 9.78 Å². The normalized spacial score (nSPS) is 12.8. The molecule has 0 unspecified atom stereocenters. The minimum atomic E-state index is -0.708. The molecule has 2 aromatic rings. The SMILES string of the molecule is C[C@@H](C(N)=O)n1cnc2c1c(=O)n(C)c(=O)n2C. The number of nitrogens with two attached hydrogens (primary N) is 1. The van der Waals surface area contributed by atoms with Crippen molar-refractivity contribution < 1.29 is 4.79 Å². The summed E-state index contributed by atoms with van der Waals surface area (Å²) in [5, 5.41) is 0. The standard InChI is InChI=1S/C10H13N5O3/c1-5(7(11)16)15-4-12-8-6(15)9(17)14(3)10(18)13(8)2/h4-5H,1-3H3,(H2,11,16)/t5-/m0/s1. The Labute approximate surface area is 101 Å². The van der Waals surface area contributed by atoms with Crippen molar-refractivity contribution in [1.29, 1.82) is 0 Å². The highest BCUT2D eigenvalue weighted by atomic mass is 16.2. The van der Waals surface area contributed by atoms with Gasteiger partial charge in [-0.3, -0.25) is 18.7 Å². The first-order valence-electron chi connectivity index (χ1n) is 5.28. The van der Waals surface area contributed by atoms with E-state index in [0.29, 0.717) is 0 Å². The van der Waals surface area contributed by atoms with Crippen LogP contribution in [0.15, 0.2) is 15.9 Å². The Kier molecular flexibility index (Phi) is 2.57. The highest BCUT2D eigenvalue weighted by Gasteiger charge is 2.19. The summed E-state index contributed by atoms with van der Waals surface area (Å²) in [6.45, 7) is 1.56. The van der Waals surface area contributed by atoms with Crippen molar-refractivity contribution in [3.63, 3.8) is 0 Å². The van der Waals surface area contributed by atoms with Crippen LogP contribution in [0.3, 0.4) is 0 Å². The van der Waals surface area contributed by atoms with Crippen LogP contribution >= 0.6 is 0 Å². The summed E-state index contributed by atoms with van der Waals surface area (Å²) in [4.78, 5) is 38.9. The number of imidazole rings is 1. The quantitative estimate of drug-likeness (QED) is 0.699. The van der Waals surface area contributed by atoms with Gasteiger partial charge in [0.25, 0.3) is 5.56 Å². The van der Waals surface area contributed by atoms with Crippen molar-refractivity contribution in [1.82, 2.24) is 18.7 Å². The monoisotopic (exact) mass is 251 g/mol. The summed E-state index contributed by atoms with van der Waals surface area (Å²) in [7, 11) is 2.88. The molecule has 2 heterocycles. The van der Waals surface area contributed by atoms with Crippen LogP contribution in [-0.4, -0.2) is 24.6 Å². The van der Waals surface area contributed by atoms with Gasteiger partial charge in [-0.1, -0.05) is 0 Å². The number of rotatable bonds is 2. The minimum Gasteiger partial charge on any atom is -0.368 e. The molecule has 18 heavy (non-hydrogen) atoms. The molecule has 0 aliphatic rings. The number of nitrogens with zero attached hydrogens (tertiary/aromatic N) is 4. The molecule has 96 valence electrons. The van der Waals surface area contributed by atoms with Crippen LogP contribution in [0.2, 0.25) is 0 Å². The lowest BCUT2D eigenvalue weighted by molar-refractivity contribution is -0.120. The molecule has 8 nitrogen and oxygen atoms in total. The number of aromatic nitrogens is 4. The second-order valence-electron chi connectivity index (χ2n) is 4.11. The zero-order chi connectivity index (χ0) is 13.6. The zero-order valence-corrected chi connectivity index (χ0v) is 10.2. The number of aryl methyl sites for hydroxylation is 1. The number of hydrogen-bond acceptors (Lipinski definition) is 4. The van der Waals surface area contributed by atoms with Crippen molar-refractivity contribution in [2.45, 2.75) is 13.0 Å². The Morgan fingerprint density at radius 3 is 2.50 bits per heavy atom. The summed E-state index contributed by atoms with van der Waals surface area (Å²) < 4.78 is 3.59. The van der Waals surface area contributed by atoms with Crippen LogP contribution in [0, 0.1) is 0 Å². The van der Waals surface area contributed by atoms with Crippen molar-refractivity contribution in [2.75, 3.05) is 0 Å². The third kappa shape index (κ3) is 1.45. The zero-order valence-electron chi connectivity index (χ0n) is 10.2. The lowest BCUT2D eigenvalue weighted by atomic mass is 10.3. The molecule has 0 radical (unpaired) electrons. The predicted molar refractivity (Wildman–Crippen MR) is 64.1 cm³/mol. The first-order chi connectivity index (χ1) is 8.36. The van der Waals surface area contributed by atoms with Gasteiger partial charge in [0.05, 0.1) is 6.33 Å². The molecule has 0 fully saturated rings. The molecule has 2 N–H and O–H groups in total. The summed E-state index contributed by atoms with van der Waals surface area (Å²) >= 11 is 0. The highest BCUT2D eigenvalue weighted by Crippen LogP contribution is 2.12. The van der Waals surface area contributed by atoms with Gasteiger partial charge in [-0.2, -0.15) is 0 Å². The van der Waals surface area contributed by atoms with Gasteiger partial charge in [0.2, 0.25) is 5.91 Å². The van der Waals surface area contributed by atoms with Crippen LogP contribution < -0.4 is 17.0 Å². The maximum atomic E-state index is 12.0. The largest absolute Gasteiger partial charge is 0.368 e. The Balaban J connectivity index is 2.95. The Morgan fingerprint density at radius 1 is 1.33 bits per heavy atom. The molecule has 0 aliphatic carbocycles. The molecule has 0 aromatic carbocycles. The lowest BCUT2D eigenvalue weighted by Gasteiger charge is -2.10. The fourth-order valence-corrected chi connectivity index (χ4v) is 1.79. The third-order valence-corrected chi connectivity index (χ3v) is 3.00. The van der Waals surface area contributed by atoms with Crippen LogP contribution in [0.1, 0.15) is 13.0 Å². The molecule has 0 bridgehead atoms. The third-order valence-electron chi connectivity index (χ3n) is 3.00. The second-order valence-corrected chi connectivity index (χ2v) is 4.11. The molecular weight excluding hydrogens is 238 g/mol. The topological polar surface area (TPSA) is 105 Å². The van der Waals surface area contributed by atoms with E-state index in [-0.39, 0.29) is 11.2 Å². The fraction of sp³-hybridized carbons (Fsp3) is 0.400. The first kappa shape index (κ1) is 12.1. The van der Waals surface area contributed by atoms with Crippen LogP contribution in [-0.2, 0) is 18.9 Å². The van der Waals surface area contributed by atoms with E-state index in [0.717, 1.165) is 4.57 Å². The Morgan fingerprint density at radius 2 is 1.94 bits per heavy atom. The van der Waals surface area contributed by atoms with E-state index in [1.54, 1.807) is 6.92 Å². The molecular formula is C10H13N5O3. The lowest BCUT2D eigenvalue weighted by Crippen LogP contribution is -2.38. The van der Waals surface area contributed by atoms with Crippen molar-refractivity contribution in [2.24, 2.45) is 19.8 Å². The number of carbonyl (C=O) groups is 1. The predicted octanol–water partition coefficient (Wildman–Crippen LogP) is -1.52. The van der Waals surface area contributed by atoms with Gasteiger partial charge in [0.1, 0.15) is 6.04 Å². The summed E-state index contributed by atoms with van der Waals surface area (Å²) in [5.74, 6) is -0.579. The fourth-order valence-electron chi connectivity index (χ4n) is 1.79. The maximum absolute atomic E-state index is 12.0. The van der Waals surface area contributed by atoms with Gasteiger partial charge >= 0.3 is 5.69 Å². The molecule has 0 saturated heterocycles. The molecule has 2 rings (SSSR count). The smallest absolute Gasteiger partial charge is 0.332 e. The summed E-state index contributed by atoms with van der Waals surface area (Å²) in [6, 6.07) is -0.708. The summed E-state index contributed by atoms with van der Waals surface area (Å²) in [5.41, 5.74) is 4.66. The minimum absolute atomic E-state index is 0.186. The van der Waals surface area contributed by atoms with Gasteiger partial charge in [-0.05, 0) is 6.92 Å². The van der Waals surface area contributed by atoms with E-state index in [2.05, 4.69) is 4.98 Å². The van der Waals surface area contributed by atoms with E-state index in [4.69, 9.17) is 5.73 Å². The van der Waals surface area contributed by atoms with E-state index in [1.165, 1.54) is 29.6 Å². The highest BCUT2D eigenvalue weighted by molar-refractivity contribution is 5.81. The molecule has 0 saturated carbocycles. The first-order valence-corrected chi connectivity index (χ1v) is 5.28. The molecule has 8 heteroatoms. The number of amides is 1. The van der Waals surface area contributed by atoms with E-state index in [1.807, 2.05) is 0 Å². The van der Waals surface area contributed by atoms with E-state index < -0.39 is 23.2 Å². The molecule has 0 aliphatic heterocycles. The van der Waals surface area contributed by atoms with Crippen molar-refractivity contribution >= 4 is 17.1 Å². The van der Waals surface area contributed by atoms with Gasteiger partial charge < -0.3 is 10.3 Å². The Bertz CT molecular complexity index is 751. The van der Waals surface area contributed by atoms with E-state index >= 15 is 0 Å². The molecule has 1 amide bonds. The van der Waals surface area contributed by atoms with Gasteiger partial charge in [-0.15, -0.1) is 0 Å².